The van der Waals surface area contributed by atoms with Crippen LogP contribution in [0.15, 0.2) is 23.1 Å². The van der Waals surface area contributed by atoms with Crippen LogP contribution in [-0.4, -0.2) is 27.8 Å². The lowest BCUT2D eigenvalue weighted by Gasteiger charge is -2.27. The molecular formula is C12H20N2O2S. The maximum absolute atomic E-state index is 11.4. The van der Waals surface area contributed by atoms with E-state index in [1.165, 1.54) is 12.3 Å². The second kappa shape index (κ2) is 4.96. The topological polar surface area (TPSA) is 63.4 Å². The predicted octanol–water partition coefficient (Wildman–Crippen LogP) is 1.91. The van der Waals surface area contributed by atoms with Gasteiger partial charge in [-0.2, -0.15) is 0 Å². The molecule has 4 nitrogen and oxygen atoms in total. The van der Waals surface area contributed by atoms with Crippen molar-refractivity contribution >= 4 is 21.2 Å². The van der Waals surface area contributed by atoms with Crippen LogP contribution < -0.4 is 10.6 Å². The number of nitrogens with zero attached hydrogens (tertiary/aromatic N) is 1. The van der Waals surface area contributed by atoms with Gasteiger partial charge in [-0.15, -0.1) is 0 Å². The normalized spacial score (nSPS) is 13.4. The van der Waals surface area contributed by atoms with Crippen LogP contribution in [-0.2, 0) is 9.84 Å². The smallest absolute Gasteiger partial charge is 0.175 e. The first kappa shape index (κ1) is 13.8. The number of hydrogen-bond donors (Lipinski definition) is 1. The van der Waals surface area contributed by atoms with E-state index in [0.29, 0.717) is 11.7 Å². The van der Waals surface area contributed by atoms with Crippen LogP contribution in [0.4, 0.5) is 11.4 Å². The van der Waals surface area contributed by atoms with E-state index in [4.69, 9.17) is 5.73 Å². The second-order valence-electron chi connectivity index (χ2n) is 4.36. The summed E-state index contributed by atoms with van der Waals surface area (Å²) in [6, 6.07) is 5.24. The summed E-state index contributed by atoms with van der Waals surface area (Å²) >= 11 is 0. The number of anilines is 2. The predicted molar refractivity (Wildman–Crippen MR) is 72.1 cm³/mol. The van der Waals surface area contributed by atoms with Gasteiger partial charge in [0.05, 0.1) is 16.3 Å². The second-order valence-corrected chi connectivity index (χ2v) is 6.38. The lowest BCUT2D eigenvalue weighted by Crippen LogP contribution is -2.28. The van der Waals surface area contributed by atoms with E-state index in [9.17, 15) is 8.42 Å². The van der Waals surface area contributed by atoms with Gasteiger partial charge >= 0.3 is 0 Å². The van der Waals surface area contributed by atoms with Crippen molar-refractivity contribution in [1.82, 2.24) is 0 Å². The summed E-state index contributed by atoms with van der Waals surface area (Å²) in [5.41, 5.74) is 7.27. The van der Waals surface area contributed by atoms with Crippen LogP contribution in [0.3, 0.4) is 0 Å². The molecule has 0 aliphatic rings. The van der Waals surface area contributed by atoms with E-state index in [1.807, 2.05) is 7.05 Å². The molecule has 0 aromatic heterocycles. The van der Waals surface area contributed by atoms with E-state index in [-0.39, 0.29) is 4.90 Å². The molecule has 0 amide bonds. The molecule has 0 bridgehead atoms. The Morgan fingerprint density at radius 2 is 2.00 bits per heavy atom. The Bertz CT molecular complexity index is 497. The molecule has 2 N–H and O–H groups in total. The Kier molecular flexibility index (Phi) is 4.03. The van der Waals surface area contributed by atoms with Gasteiger partial charge in [0, 0.05) is 19.3 Å². The molecule has 1 atom stereocenters. The van der Waals surface area contributed by atoms with Crippen LogP contribution >= 0.6 is 0 Å². The fraction of sp³-hybridized carbons (Fsp3) is 0.500. The van der Waals surface area contributed by atoms with Crippen LogP contribution in [0.2, 0.25) is 0 Å². The molecule has 0 aliphatic heterocycles. The summed E-state index contributed by atoms with van der Waals surface area (Å²) in [4.78, 5) is 2.32. The first-order chi connectivity index (χ1) is 7.77. The van der Waals surface area contributed by atoms with Gasteiger partial charge in [0.25, 0.3) is 0 Å². The summed E-state index contributed by atoms with van der Waals surface area (Å²) in [6.07, 6.45) is 2.18. The molecule has 1 rings (SSSR count). The van der Waals surface area contributed by atoms with Gasteiger partial charge < -0.3 is 10.6 Å². The van der Waals surface area contributed by atoms with Crippen molar-refractivity contribution < 1.29 is 8.42 Å². The number of hydrogen-bond acceptors (Lipinski definition) is 4. The molecule has 0 fully saturated rings. The highest BCUT2D eigenvalue weighted by atomic mass is 32.2. The molecule has 1 aromatic rings. The molecule has 0 radical (unpaired) electrons. The van der Waals surface area contributed by atoms with Crippen molar-refractivity contribution in [3.05, 3.63) is 18.2 Å². The molecule has 0 saturated carbocycles. The minimum Gasteiger partial charge on any atom is -0.397 e. The first-order valence-electron chi connectivity index (χ1n) is 5.59. The van der Waals surface area contributed by atoms with Gasteiger partial charge in [0.1, 0.15) is 0 Å². The van der Waals surface area contributed by atoms with E-state index in [1.54, 1.807) is 12.1 Å². The molecule has 1 unspecified atom stereocenters. The van der Waals surface area contributed by atoms with Crippen LogP contribution in [0.1, 0.15) is 20.3 Å². The number of nitrogens with two attached hydrogens (primary N) is 1. The van der Waals surface area contributed by atoms with Gasteiger partial charge in [-0.05, 0) is 31.5 Å². The summed E-state index contributed by atoms with van der Waals surface area (Å²) in [5, 5.41) is 0. The maximum atomic E-state index is 11.4. The van der Waals surface area contributed by atoms with Crippen molar-refractivity contribution in [2.75, 3.05) is 23.9 Å². The molecule has 0 spiro atoms. The zero-order valence-electron chi connectivity index (χ0n) is 10.8. The number of nitrogen functional groups attached to an aromatic ring is 1. The monoisotopic (exact) mass is 256 g/mol. The average molecular weight is 256 g/mol. The zero-order valence-corrected chi connectivity index (χ0v) is 11.6. The lowest BCUT2D eigenvalue weighted by molar-refractivity contribution is 0.602. The van der Waals surface area contributed by atoms with Gasteiger partial charge in [-0.25, -0.2) is 8.42 Å². The molecule has 5 heteroatoms. The van der Waals surface area contributed by atoms with Gasteiger partial charge in [0.15, 0.2) is 9.84 Å². The Morgan fingerprint density at radius 3 is 2.41 bits per heavy atom. The average Bonchev–Trinajstić information content (AvgIpc) is 2.25. The van der Waals surface area contributed by atoms with E-state index in [0.717, 1.165) is 12.1 Å². The number of sulfone groups is 1. The summed E-state index contributed by atoms with van der Waals surface area (Å²) in [6.45, 7) is 4.20. The molecule has 0 heterocycles. The molecule has 96 valence electrons. The third-order valence-electron chi connectivity index (χ3n) is 3.06. The SMILES string of the molecule is CCC(C)N(C)c1ccc(S(C)(=O)=O)cc1N. The molecule has 0 aliphatic carbocycles. The fourth-order valence-corrected chi connectivity index (χ4v) is 2.25. The Morgan fingerprint density at radius 1 is 1.41 bits per heavy atom. The van der Waals surface area contributed by atoms with Crippen molar-refractivity contribution in [3.63, 3.8) is 0 Å². The van der Waals surface area contributed by atoms with Gasteiger partial charge in [-0.3, -0.25) is 0 Å². The molecular weight excluding hydrogens is 236 g/mol. The third kappa shape index (κ3) is 3.12. The molecule has 0 saturated heterocycles. The van der Waals surface area contributed by atoms with Crippen LogP contribution in [0, 0.1) is 0 Å². The molecule has 17 heavy (non-hydrogen) atoms. The van der Waals surface area contributed by atoms with Crippen molar-refractivity contribution in [1.29, 1.82) is 0 Å². The Labute approximate surface area is 103 Å². The maximum Gasteiger partial charge on any atom is 0.175 e. The van der Waals surface area contributed by atoms with E-state index >= 15 is 0 Å². The number of rotatable bonds is 4. The van der Waals surface area contributed by atoms with Crippen molar-refractivity contribution in [3.8, 4) is 0 Å². The summed E-state index contributed by atoms with van der Waals surface area (Å²) in [5.74, 6) is 0. The molecule has 1 aromatic carbocycles. The Hall–Kier alpha value is -1.23. The zero-order chi connectivity index (χ0) is 13.2. The van der Waals surface area contributed by atoms with Crippen LogP contribution in [0.25, 0.3) is 0 Å². The van der Waals surface area contributed by atoms with Crippen molar-refractivity contribution in [2.24, 2.45) is 0 Å². The number of benzene rings is 1. The highest BCUT2D eigenvalue weighted by molar-refractivity contribution is 7.90. The minimum absolute atomic E-state index is 0.260. The highest BCUT2D eigenvalue weighted by Crippen LogP contribution is 2.27. The summed E-state index contributed by atoms with van der Waals surface area (Å²) < 4.78 is 22.8. The first-order valence-corrected chi connectivity index (χ1v) is 7.49. The third-order valence-corrected chi connectivity index (χ3v) is 4.17. The largest absolute Gasteiger partial charge is 0.397 e. The quantitative estimate of drug-likeness (QED) is 0.836. The van der Waals surface area contributed by atoms with E-state index < -0.39 is 9.84 Å². The standard InChI is InChI=1S/C12H20N2O2S/c1-5-9(2)14(3)12-7-6-10(8-11(12)13)17(4,15)16/h6-9H,5,13H2,1-4H3. The van der Waals surface area contributed by atoms with E-state index in [2.05, 4.69) is 18.7 Å². The minimum atomic E-state index is -3.19. The highest BCUT2D eigenvalue weighted by Gasteiger charge is 2.14. The van der Waals surface area contributed by atoms with Crippen molar-refractivity contribution in [2.45, 2.75) is 31.2 Å². The van der Waals surface area contributed by atoms with Gasteiger partial charge in [-0.1, -0.05) is 6.92 Å². The fourth-order valence-electron chi connectivity index (χ4n) is 1.60. The summed E-state index contributed by atoms with van der Waals surface area (Å²) in [7, 11) is -1.23. The van der Waals surface area contributed by atoms with Crippen LogP contribution in [0.5, 0.6) is 0 Å². The Balaban J connectivity index is 3.15. The van der Waals surface area contributed by atoms with Gasteiger partial charge in [0.2, 0.25) is 0 Å². The lowest BCUT2D eigenvalue weighted by atomic mass is 10.2.